The highest BCUT2D eigenvalue weighted by molar-refractivity contribution is 7.31. The molecule has 0 fully saturated rings. The Hall–Kier alpha value is -0.880. The quantitative estimate of drug-likeness (QED) is 0.291. The SMILES string of the molecule is C=C(C=N)/C=C\C(=C)OPC. The zero-order valence-electron chi connectivity index (χ0n) is 6.55. The van der Waals surface area contributed by atoms with Crippen LogP contribution in [0.25, 0.3) is 0 Å². The monoisotopic (exact) mass is 169 g/mol. The number of hydrogen-bond donors (Lipinski definition) is 1. The van der Waals surface area contributed by atoms with E-state index in [1.165, 1.54) is 6.21 Å². The molecule has 11 heavy (non-hydrogen) atoms. The summed E-state index contributed by atoms with van der Waals surface area (Å²) in [6, 6.07) is 0. The van der Waals surface area contributed by atoms with Gasteiger partial charge in [0.25, 0.3) is 0 Å². The van der Waals surface area contributed by atoms with Crippen molar-refractivity contribution in [3.05, 3.63) is 36.6 Å². The second-order valence-electron chi connectivity index (χ2n) is 1.83. The van der Waals surface area contributed by atoms with Crippen LogP contribution in [-0.4, -0.2) is 12.9 Å². The van der Waals surface area contributed by atoms with E-state index in [9.17, 15) is 0 Å². The Kier molecular flexibility index (Phi) is 5.40. The van der Waals surface area contributed by atoms with E-state index in [1.807, 2.05) is 6.66 Å². The van der Waals surface area contributed by atoms with Crippen molar-refractivity contribution in [2.24, 2.45) is 0 Å². The highest BCUT2D eigenvalue weighted by atomic mass is 31.1. The minimum absolute atomic E-state index is 0.405. The molecule has 0 aliphatic rings. The number of rotatable bonds is 5. The second-order valence-corrected chi connectivity index (χ2v) is 2.44. The van der Waals surface area contributed by atoms with Crippen molar-refractivity contribution >= 4 is 15.0 Å². The zero-order valence-corrected chi connectivity index (χ0v) is 7.55. The molecule has 0 aliphatic carbocycles. The molecule has 1 unspecified atom stereocenters. The molecule has 0 saturated carbocycles. The first-order valence-electron chi connectivity index (χ1n) is 3.10. The van der Waals surface area contributed by atoms with E-state index in [-0.39, 0.29) is 0 Å². The lowest BCUT2D eigenvalue weighted by Gasteiger charge is -1.98. The predicted octanol–water partition coefficient (Wildman–Crippen LogP) is 2.50. The first kappa shape index (κ1) is 10.1. The summed E-state index contributed by atoms with van der Waals surface area (Å²) in [5.41, 5.74) is 0.634. The van der Waals surface area contributed by atoms with Gasteiger partial charge in [-0.25, -0.2) is 0 Å². The maximum absolute atomic E-state index is 6.81. The van der Waals surface area contributed by atoms with Gasteiger partial charge in [-0.1, -0.05) is 19.2 Å². The van der Waals surface area contributed by atoms with Crippen LogP contribution in [0.3, 0.4) is 0 Å². The number of allylic oxidation sites excluding steroid dienone is 3. The molecular weight excluding hydrogens is 157 g/mol. The van der Waals surface area contributed by atoms with Crippen molar-refractivity contribution in [2.45, 2.75) is 0 Å². The van der Waals surface area contributed by atoms with E-state index in [0.29, 0.717) is 20.1 Å². The zero-order chi connectivity index (χ0) is 8.69. The topological polar surface area (TPSA) is 33.1 Å². The number of hydrogen-bond acceptors (Lipinski definition) is 2. The van der Waals surface area contributed by atoms with Gasteiger partial charge in [-0.2, -0.15) is 0 Å². The predicted molar refractivity (Wildman–Crippen MR) is 51.5 cm³/mol. The van der Waals surface area contributed by atoms with Crippen LogP contribution in [0.15, 0.2) is 36.6 Å². The highest BCUT2D eigenvalue weighted by Gasteiger charge is 1.84. The third-order valence-corrected chi connectivity index (χ3v) is 1.37. The summed E-state index contributed by atoms with van der Waals surface area (Å²) in [6.45, 7) is 9.13. The van der Waals surface area contributed by atoms with Crippen LogP contribution in [0.5, 0.6) is 0 Å². The molecule has 1 N–H and O–H groups in total. The highest BCUT2D eigenvalue weighted by Crippen LogP contribution is 2.12. The van der Waals surface area contributed by atoms with Gasteiger partial charge in [-0.15, -0.1) is 0 Å². The van der Waals surface area contributed by atoms with Crippen molar-refractivity contribution in [3.63, 3.8) is 0 Å². The molecule has 0 bridgehead atoms. The molecule has 0 radical (unpaired) electrons. The summed E-state index contributed by atoms with van der Waals surface area (Å²) in [7, 11) is 0.405. The molecular formula is C8H12NOP. The van der Waals surface area contributed by atoms with Gasteiger partial charge in [-0.3, -0.25) is 0 Å². The Morgan fingerprint density at radius 3 is 2.55 bits per heavy atom. The second kappa shape index (κ2) is 5.87. The summed E-state index contributed by atoms with van der Waals surface area (Å²) >= 11 is 0. The number of nitrogens with one attached hydrogen (secondary N) is 1. The lowest BCUT2D eigenvalue weighted by atomic mass is 10.3. The van der Waals surface area contributed by atoms with Gasteiger partial charge in [0.1, 0.15) is 5.76 Å². The molecule has 2 nitrogen and oxygen atoms in total. The maximum Gasteiger partial charge on any atom is 0.115 e. The van der Waals surface area contributed by atoms with E-state index in [0.717, 1.165) is 0 Å². The van der Waals surface area contributed by atoms with Crippen LogP contribution in [0, 0.1) is 5.41 Å². The smallest absolute Gasteiger partial charge is 0.115 e. The summed E-state index contributed by atoms with van der Waals surface area (Å²) in [5.74, 6) is 0.605. The van der Waals surface area contributed by atoms with E-state index >= 15 is 0 Å². The lowest BCUT2D eigenvalue weighted by molar-refractivity contribution is 0.514. The average molecular weight is 169 g/mol. The molecule has 0 aliphatic heterocycles. The van der Waals surface area contributed by atoms with Crippen LogP contribution >= 0.6 is 8.81 Å². The molecule has 0 saturated heterocycles. The molecule has 3 heteroatoms. The molecule has 60 valence electrons. The van der Waals surface area contributed by atoms with Gasteiger partial charge in [0.15, 0.2) is 0 Å². The minimum atomic E-state index is 0.405. The molecule has 0 aromatic heterocycles. The summed E-state index contributed by atoms with van der Waals surface area (Å²) in [4.78, 5) is 0. The van der Waals surface area contributed by atoms with Gasteiger partial charge in [-0.05, 0) is 18.3 Å². The molecule has 0 aromatic carbocycles. The standard InChI is InChI=1S/C8H12NOP/c1-7(6-9)4-5-8(2)10-11-3/h4-6,9,11H,1-2H2,3H3/b5-4-,9-6?. The van der Waals surface area contributed by atoms with Gasteiger partial charge in [0, 0.05) is 6.21 Å². The molecule has 0 aromatic rings. The van der Waals surface area contributed by atoms with E-state index < -0.39 is 0 Å². The largest absolute Gasteiger partial charge is 0.478 e. The van der Waals surface area contributed by atoms with Gasteiger partial charge in [0.05, 0.1) is 8.81 Å². The molecule has 0 rings (SSSR count). The maximum atomic E-state index is 6.81. The van der Waals surface area contributed by atoms with Crippen LogP contribution in [0.1, 0.15) is 0 Å². The minimum Gasteiger partial charge on any atom is -0.478 e. The Morgan fingerprint density at radius 1 is 1.45 bits per heavy atom. The van der Waals surface area contributed by atoms with Crippen molar-refractivity contribution in [1.82, 2.24) is 0 Å². The fraction of sp³-hybridized carbons (Fsp3) is 0.125. The molecule has 1 atom stereocenters. The Morgan fingerprint density at radius 2 is 2.09 bits per heavy atom. The fourth-order valence-electron chi connectivity index (χ4n) is 0.413. The van der Waals surface area contributed by atoms with Gasteiger partial charge in [0.2, 0.25) is 0 Å². The van der Waals surface area contributed by atoms with Crippen LogP contribution in [-0.2, 0) is 4.52 Å². The fourth-order valence-corrected chi connectivity index (χ4v) is 0.743. The van der Waals surface area contributed by atoms with E-state index in [1.54, 1.807) is 12.2 Å². The third-order valence-electron chi connectivity index (χ3n) is 0.902. The summed E-state index contributed by atoms with van der Waals surface area (Å²) in [6.07, 6.45) is 4.57. The summed E-state index contributed by atoms with van der Waals surface area (Å²) < 4.78 is 5.07. The van der Waals surface area contributed by atoms with Crippen LogP contribution < -0.4 is 0 Å². The van der Waals surface area contributed by atoms with Crippen molar-refractivity contribution < 1.29 is 4.52 Å². The Bertz CT molecular complexity index is 196. The first-order valence-corrected chi connectivity index (χ1v) is 4.51. The van der Waals surface area contributed by atoms with Crippen molar-refractivity contribution in [1.29, 1.82) is 5.41 Å². The van der Waals surface area contributed by atoms with Crippen molar-refractivity contribution in [2.75, 3.05) is 6.66 Å². The van der Waals surface area contributed by atoms with E-state index in [4.69, 9.17) is 9.93 Å². The van der Waals surface area contributed by atoms with Crippen LogP contribution in [0.2, 0.25) is 0 Å². The normalized spacial score (nSPS) is 10.6. The first-order chi connectivity index (χ1) is 5.20. The third kappa shape index (κ3) is 5.56. The molecule has 0 amide bonds. The van der Waals surface area contributed by atoms with Crippen LogP contribution in [0.4, 0.5) is 0 Å². The molecule has 0 spiro atoms. The van der Waals surface area contributed by atoms with Crippen molar-refractivity contribution in [3.8, 4) is 0 Å². The Labute approximate surface area is 69.0 Å². The summed E-state index contributed by atoms with van der Waals surface area (Å²) in [5, 5.41) is 6.81. The Balaban J connectivity index is 3.82. The van der Waals surface area contributed by atoms with Gasteiger partial charge < -0.3 is 9.93 Å². The van der Waals surface area contributed by atoms with E-state index in [2.05, 4.69) is 13.2 Å². The van der Waals surface area contributed by atoms with Gasteiger partial charge >= 0.3 is 0 Å². The molecule has 0 heterocycles. The lowest BCUT2D eigenvalue weighted by Crippen LogP contribution is -1.76. The average Bonchev–Trinajstić information content (AvgIpc) is 2.01.